The zero-order valence-electron chi connectivity index (χ0n) is 14.2. The first kappa shape index (κ1) is 15.9. The minimum absolute atomic E-state index is 0.186. The zero-order valence-corrected chi connectivity index (χ0v) is 14.2. The van der Waals surface area contributed by atoms with Crippen LogP contribution in [0.5, 0.6) is 5.88 Å². The summed E-state index contributed by atoms with van der Waals surface area (Å²) in [6, 6.07) is 10.9. The Morgan fingerprint density at radius 1 is 1.08 bits per heavy atom. The van der Waals surface area contributed by atoms with Gasteiger partial charge in [0.05, 0.1) is 18.8 Å². The maximum Gasteiger partial charge on any atom is 0.232 e. The fourth-order valence-electron chi connectivity index (χ4n) is 3.30. The number of anilines is 1. The molecule has 0 atom stereocenters. The van der Waals surface area contributed by atoms with Gasteiger partial charge in [-0.05, 0) is 29.8 Å². The van der Waals surface area contributed by atoms with Crippen molar-refractivity contribution in [1.82, 2.24) is 14.3 Å². The van der Waals surface area contributed by atoms with Crippen molar-refractivity contribution in [1.29, 1.82) is 0 Å². The van der Waals surface area contributed by atoms with E-state index in [1.165, 1.54) is 12.1 Å². The number of piperazine rings is 1. The maximum absolute atomic E-state index is 13.0. The average Bonchev–Trinajstić information content (AvgIpc) is 3.12. The molecular weight excluding hydrogens is 319 g/mol. The average molecular weight is 340 g/mol. The smallest absolute Gasteiger partial charge is 0.232 e. The van der Waals surface area contributed by atoms with Gasteiger partial charge in [-0.3, -0.25) is 4.90 Å². The standard InChI is InChI=1S/C19H21FN4O/c1-25-18-14-24-8-2-3-17(24)19(21-18)23-11-9-22(10-12-23)13-15-4-6-16(20)7-5-15/h2-8,14H,9-13H2,1H3. The van der Waals surface area contributed by atoms with E-state index in [0.717, 1.165) is 49.6 Å². The van der Waals surface area contributed by atoms with Crippen LogP contribution in [0.2, 0.25) is 0 Å². The lowest BCUT2D eigenvalue weighted by molar-refractivity contribution is 0.249. The van der Waals surface area contributed by atoms with Gasteiger partial charge in [-0.2, -0.15) is 4.98 Å². The number of halogens is 1. The summed E-state index contributed by atoms with van der Waals surface area (Å²) in [5.41, 5.74) is 2.23. The number of aromatic nitrogens is 2. The van der Waals surface area contributed by atoms with Crippen molar-refractivity contribution >= 4 is 11.3 Å². The second-order valence-electron chi connectivity index (χ2n) is 6.30. The lowest BCUT2D eigenvalue weighted by Gasteiger charge is -2.35. The second kappa shape index (κ2) is 6.72. The van der Waals surface area contributed by atoms with Gasteiger partial charge in [0.1, 0.15) is 5.82 Å². The van der Waals surface area contributed by atoms with Crippen LogP contribution in [0.15, 0.2) is 48.8 Å². The van der Waals surface area contributed by atoms with E-state index in [-0.39, 0.29) is 5.82 Å². The first-order valence-electron chi connectivity index (χ1n) is 8.46. The fourth-order valence-corrected chi connectivity index (χ4v) is 3.30. The van der Waals surface area contributed by atoms with Gasteiger partial charge in [-0.25, -0.2) is 4.39 Å². The molecule has 0 aliphatic carbocycles. The summed E-state index contributed by atoms with van der Waals surface area (Å²) in [6.07, 6.45) is 3.90. The summed E-state index contributed by atoms with van der Waals surface area (Å²) in [6.45, 7) is 4.55. The van der Waals surface area contributed by atoms with Crippen LogP contribution in [0.3, 0.4) is 0 Å². The number of rotatable bonds is 4. The van der Waals surface area contributed by atoms with Crippen molar-refractivity contribution in [2.24, 2.45) is 0 Å². The third kappa shape index (κ3) is 3.30. The third-order valence-corrected chi connectivity index (χ3v) is 4.67. The molecule has 1 fully saturated rings. The molecule has 4 rings (SSSR count). The SMILES string of the molecule is COc1cn2cccc2c(N2CCN(Cc3ccc(F)cc3)CC2)n1. The maximum atomic E-state index is 13.0. The Bertz CT molecular complexity index is 853. The van der Waals surface area contributed by atoms with Crippen LogP contribution in [0.25, 0.3) is 5.52 Å². The van der Waals surface area contributed by atoms with Gasteiger partial charge in [0.25, 0.3) is 0 Å². The van der Waals surface area contributed by atoms with Crippen molar-refractivity contribution in [2.45, 2.75) is 6.54 Å². The predicted molar refractivity (Wildman–Crippen MR) is 95.6 cm³/mol. The highest BCUT2D eigenvalue weighted by molar-refractivity contribution is 5.70. The molecule has 1 aliphatic heterocycles. The molecule has 0 unspecified atom stereocenters. The molecule has 1 saturated heterocycles. The van der Waals surface area contributed by atoms with E-state index in [0.29, 0.717) is 5.88 Å². The monoisotopic (exact) mass is 340 g/mol. The first-order valence-corrected chi connectivity index (χ1v) is 8.46. The van der Waals surface area contributed by atoms with Crippen LogP contribution in [0.1, 0.15) is 5.56 Å². The van der Waals surface area contributed by atoms with E-state index < -0.39 is 0 Å². The summed E-state index contributed by atoms with van der Waals surface area (Å²) < 4.78 is 20.4. The van der Waals surface area contributed by atoms with Crippen molar-refractivity contribution in [3.8, 4) is 5.88 Å². The molecule has 0 spiro atoms. The Hall–Kier alpha value is -2.60. The number of ether oxygens (including phenoxy) is 1. The lowest BCUT2D eigenvalue weighted by Crippen LogP contribution is -2.46. The van der Waals surface area contributed by atoms with Crippen LogP contribution in [-0.2, 0) is 6.54 Å². The minimum atomic E-state index is -0.186. The van der Waals surface area contributed by atoms with Crippen LogP contribution in [0, 0.1) is 5.82 Å². The highest BCUT2D eigenvalue weighted by atomic mass is 19.1. The fraction of sp³-hybridized carbons (Fsp3) is 0.316. The van der Waals surface area contributed by atoms with Crippen LogP contribution in [0.4, 0.5) is 10.2 Å². The molecule has 0 radical (unpaired) electrons. The van der Waals surface area contributed by atoms with Crippen molar-refractivity contribution in [2.75, 3.05) is 38.2 Å². The highest BCUT2D eigenvalue weighted by Gasteiger charge is 2.21. The Morgan fingerprint density at radius 3 is 2.56 bits per heavy atom. The Labute approximate surface area is 146 Å². The van der Waals surface area contributed by atoms with Gasteiger partial charge >= 0.3 is 0 Å². The van der Waals surface area contributed by atoms with E-state index in [4.69, 9.17) is 4.74 Å². The number of nitrogens with zero attached hydrogens (tertiary/aromatic N) is 4. The van der Waals surface area contributed by atoms with Crippen LogP contribution < -0.4 is 9.64 Å². The topological polar surface area (TPSA) is 33.0 Å². The molecule has 2 aromatic heterocycles. The van der Waals surface area contributed by atoms with E-state index in [9.17, 15) is 4.39 Å². The minimum Gasteiger partial charge on any atom is -0.480 e. The molecule has 3 heterocycles. The molecule has 6 heteroatoms. The molecule has 0 amide bonds. The molecule has 1 aromatic carbocycles. The normalized spacial score (nSPS) is 15.7. The number of methoxy groups -OCH3 is 1. The van der Waals surface area contributed by atoms with Crippen molar-refractivity contribution < 1.29 is 9.13 Å². The van der Waals surface area contributed by atoms with Gasteiger partial charge in [0.2, 0.25) is 5.88 Å². The largest absolute Gasteiger partial charge is 0.480 e. The van der Waals surface area contributed by atoms with E-state index in [1.54, 1.807) is 7.11 Å². The highest BCUT2D eigenvalue weighted by Crippen LogP contribution is 2.24. The summed E-state index contributed by atoms with van der Waals surface area (Å²) >= 11 is 0. The molecule has 25 heavy (non-hydrogen) atoms. The zero-order chi connectivity index (χ0) is 17.2. The van der Waals surface area contributed by atoms with Gasteiger partial charge in [0, 0.05) is 38.9 Å². The number of fused-ring (bicyclic) bond motifs is 1. The molecule has 0 saturated carbocycles. The summed E-state index contributed by atoms with van der Waals surface area (Å²) in [7, 11) is 1.64. The number of hydrogen-bond donors (Lipinski definition) is 0. The van der Waals surface area contributed by atoms with E-state index in [1.807, 2.05) is 35.0 Å². The van der Waals surface area contributed by atoms with E-state index in [2.05, 4.69) is 20.9 Å². The van der Waals surface area contributed by atoms with Gasteiger partial charge in [-0.15, -0.1) is 0 Å². The van der Waals surface area contributed by atoms with Gasteiger partial charge < -0.3 is 14.0 Å². The second-order valence-corrected chi connectivity index (χ2v) is 6.30. The van der Waals surface area contributed by atoms with Gasteiger partial charge in [0.15, 0.2) is 5.82 Å². The molecular formula is C19H21FN4O. The predicted octanol–water partition coefficient (Wildman–Crippen LogP) is 2.80. The van der Waals surface area contributed by atoms with Crippen molar-refractivity contribution in [3.63, 3.8) is 0 Å². The first-order chi connectivity index (χ1) is 12.2. The van der Waals surface area contributed by atoms with E-state index >= 15 is 0 Å². The third-order valence-electron chi connectivity index (χ3n) is 4.67. The van der Waals surface area contributed by atoms with Crippen LogP contribution in [-0.4, -0.2) is 47.6 Å². The molecule has 5 nitrogen and oxygen atoms in total. The molecule has 3 aromatic rings. The van der Waals surface area contributed by atoms with Crippen molar-refractivity contribution in [3.05, 3.63) is 60.2 Å². The Kier molecular flexibility index (Phi) is 4.28. The number of benzene rings is 1. The lowest BCUT2D eigenvalue weighted by atomic mass is 10.2. The molecule has 0 N–H and O–H groups in total. The summed E-state index contributed by atoms with van der Waals surface area (Å²) in [5, 5.41) is 0. The quantitative estimate of drug-likeness (QED) is 0.731. The summed E-state index contributed by atoms with van der Waals surface area (Å²) in [4.78, 5) is 9.35. The Balaban J connectivity index is 1.46. The molecule has 0 bridgehead atoms. The molecule has 1 aliphatic rings. The van der Waals surface area contributed by atoms with Crippen LogP contribution >= 0.6 is 0 Å². The summed E-state index contributed by atoms with van der Waals surface area (Å²) in [5.74, 6) is 1.40. The Morgan fingerprint density at radius 2 is 1.84 bits per heavy atom. The number of hydrogen-bond acceptors (Lipinski definition) is 4. The van der Waals surface area contributed by atoms with Gasteiger partial charge in [-0.1, -0.05) is 12.1 Å². The molecule has 130 valence electrons.